The van der Waals surface area contributed by atoms with E-state index in [1.807, 2.05) is 13.8 Å². The third-order valence-electron chi connectivity index (χ3n) is 1.57. The summed E-state index contributed by atoms with van der Waals surface area (Å²) in [4.78, 5) is 11.5. The Kier molecular flexibility index (Phi) is 7.58. The van der Waals surface area contributed by atoms with Crippen molar-refractivity contribution in [3.63, 3.8) is 0 Å². The zero-order chi connectivity index (χ0) is 12.6. The fraction of sp³-hybridized carbons (Fsp3) is 0.364. The minimum Gasteiger partial charge on any atom is -0.462 e. The van der Waals surface area contributed by atoms with Gasteiger partial charge >= 0.3 is 5.97 Å². The summed E-state index contributed by atoms with van der Waals surface area (Å²) >= 11 is 0.762. The first kappa shape index (κ1) is 14.9. The molecule has 16 heavy (non-hydrogen) atoms. The van der Waals surface area contributed by atoms with Crippen LogP contribution in [0.2, 0.25) is 0 Å². The first-order valence-electron chi connectivity index (χ1n) is 5.02. The lowest BCUT2D eigenvalue weighted by atomic mass is 10.2. The number of carbonyl (C=O) groups excluding carboxylic acids is 1. The van der Waals surface area contributed by atoms with E-state index >= 15 is 0 Å². The van der Waals surface area contributed by atoms with E-state index in [1.54, 1.807) is 6.92 Å². The zero-order valence-corrected chi connectivity index (χ0v) is 10.4. The highest BCUT2D eigenvalue weighted by molar-refractivity contribution is 7.97. The third-order valence-corrected chi connectivity index (χ3v) is 2.14. The first-order valence-corrected chi connectivity index (χ1v) is 5.90. The van der Waals surface area contributed by atoms with Crippen LogP contribution in [0.4, 0.5) is 4.39 Å². The van der Waals surface area contributed by atoms with E-state index in [2.05, 4.69) is 0 Å². The number of halogens is 1. The number of carbonyl (C=O) groups is 1. The average Bonchev–Trinajstić information content (AvgIpc) is 2.32. The molecule has 90 valence electrons. The molecule has 0 unspecified atom stereocenters. The summed E-state index contributed by atoms with van der Waals surface area (Å²) in [5.41, 5.74) is 0.307. The minimum absolute atomic E-state index is 0.232. The van der Waals surface area contributed by atoms with Gasteiger partial charge in [0.1, 0.15) is 5.82 Å². The van der Waals surface area contributed by atoms with Gasteiger partial charge in [-0.05, 0) is 37.1 Å². The van der Waals surface area contributed by atoms with Crippen LogP contribution in [0.5, 0.6) is 0 Å². The molecular formula is C11H16FNO2S. The van der Waals surface area contributed by atoms with Crippen molar-refractivity contribution in [1.29, 1.82) is 0 Å². The molecule has 1 rings (SSSR count). The van der Waals surface area contributed by atoms with Crippen LogP contribution in [0, 0.1) is 5.82 Å². The molecule has 1 aromatic carbocycles. The standard InChI is InChI=1S/C9H10FNO2S.C2H6/c1-2-13-9(12)6-3-4-7(10)8(5-6)14-11;1-2/h3-5H,2,11H2,1H3;1-2H3. The van der Waals surface area contributed by atoms with Crippen molar-refractivity contribution in [2.45, 2.75) is 25.7 Å². The summed E-state index contributed by atoms with van der Waals surface area (Å²) in [7, 11) is 0. The molecule has 0 aliphatic carbocycles. The second kappa shape index (κ2) is 8.13. The SMILES string of the molecule is CC.CCOC(=O)c1ccc(F)c(SN)c1. The fourth-order valence-corrected chi connectivity index (χ4v) is 1.31. The number of nitrogens with two attached hydrogens (primary N) is 1. The van der Waals surface area contributed by atoms with Crippen LogP contribution in [0.15, 0.2) is 23.1 Å². The highest BCUT2D eigenvalue weighted by Crippen LogP contribution is 2.18. The average molecular weight is 245 g/mol. The van der Waals surface area contributed by atoms with Crippen molar-refractivity contribution in [3.05, 3.63) is 29.6 Å². The van der Waals surface area contributed by atoms with Gasteiger partial charge in [0.2, 0.25) is 0 Å². The molecule has 5 heteroatoms. The number of ether oxygens (including phenoxy) is 1. The molecule has 0 heterocycles. The van der Waals surface area contributed by atoms with Gasteiger partial charge in [0.15, 0.2) is 0 Å². The topological polar surface area (TPSA) is 52.3 Å². The normalized spacial score (nSPS) is 9.06. The van der Waals surface area contributed by atoms with Gasteiger partial charge in [-0.2, -0.15) is 0 Å². The first-order chi connectivity index (χ1) is 7.69. The van der Waals surface area contributed by atoms with Gasteiger partial charge in [0.25, 0.3) is 0 Å². The van der Waals surface area contributed by atoms with E-state index in [0.717, 1.165) is 11.9 Å². The summed E-state index contributed by atoms with van der Waals surface area (Å²) in [6.45, 7) is 6.00. The molecule has 0 radical (unpaired) electrons. The van der Waals surface area contributed by atoms with Crippen molar-refractivity contribution >= 4 is 17.9 Å². The minimum atomic E-state index is -0.470. The molecule has 2 N–H and O–H groups in total. The lowest BCUT2D eigenvalue weighted by Gasteiger charge is -2.03. The number of hydrogen-bond donors (Lipinski definition) is 1. The fourth-order valence-electron chi connectivity index (χ4n) is 0.935. The highest BCUT2D eigenvalue weighted by atomic mass is 32.2. The molecule has 0 fully saturated rings. The maximum Gasteiger partial charge on any atom is 0.338 e. The Hall–Kier alpha value is -1.07. The van der Waals surface area contributed by atoms with Gasteiger partial charge in [-0.25, -0.2) is 9.18 Å². The summed E-state index contributed by atoms with van der Waals surface area (Å²) < 4.78 is 17.7. The van der Waals surface area contributed by atoms with Crippen LogP contribution >= 0.6 is 11.9 Å². The number of esters is 1. The Morgan fingerprint density at radius 2 is 2.12 bits per heavy atom. The van der Waals surface area contributed by atoms with Crippen LogP contribution in [0.3, 0.4) is 0 Å². The van der Waals surface area contributed by atoms with Crippen molar-refractivity contribution in [1.82, 2.24) is 0 Å². The molecule has 3 nitrogen and oxygen atoms in total. The Labute approximate surface area is 99.3 Å². The smallest absolute Gasteiger partial charge is 0.338 e. The molecule has 0 saturated heterocycles. The van der Waals surface area contributed by atoms with Gasteiger partial charge in [-0.15, -0.1) is 0 Å². The molecule has 1 aromatic rings. The van der Waals surface area contributed by atoms with E-state index in [-0.39, 0.29) is 4.90 Å². The van der Waals surface area contributed by atoms with E-state index < -0.39 is 11.8 Å². The highest BCUT2D eigenvalue weighted by Gasteiger charge is 2.09. The van der Waals surface area contributed by atoms with Crippen molar-refractivity contribution in [3.8, 4) is 0 Å². The second-order valence-electron chi connectivity index (χ2n) is 2.48. The van der Waals surface area contributed by atoms with Gasteiger partial charge in [-0.3, -0.25) is 5.14 Å². The molecule has 0 atom stereocenters. The molecule has 0 bridgehead atoms. The Morgan fingerprint density at radius 1 is 1.50 bits per heavy atom. The zero-order valence-electron chi connectivity index (χ0n) is 9.62. The molecular weight excluding hydrogens is 229 g/mol. The van der Waals surface area contributed by atoms with Gasteiger partial charge < -0.3 is 4.74 Å². The predicted molar refractivity (Wildman–Crippen MR) is 63.7 cm³/mol. The van der Waals surface area contributed by atoms with Crippen molar-refractivity contribution < 1.29 is 13.9 Å². The van der Waals surface area contributed by atoms with E-state index in [9.17, 15) is 9.18 Å². The largest absolute Gasteiger partial charge is 0.462 e. The van der Waals surface area contributed by atoms with Crippen LogP contribution < -0.4 is 5.14 Å². The molecule has 0 amide bonds. The van der Waals surface area contributed by atoms with Gasteiger partial charge in [0.05, 0.1) is 17.1 Å². The van der Waals surface area contributed by atoms with E-state index in [1.165, 1.54) is 18.2 Å². The number of rotatable bonds is 3. The Morgan fingerprint density at radius 3 is 2.62 bits per heavy atom. The molecule has 0 spiro atoms. The maximum absolute atomic E-state index is 13.0. The van der Waals surface area contributed by atoms with Crippen LogP contribution in [-0.4, -0.2) is 12.6 Å². The van der Waals surface area contributed by atoms with Gasteiger partial charge in [-0.1, -0.05) is 13.8 Å². The third kappa shape index (κ3) is 4.20. The second-order valence-corrected chi connectivity index (χ2v) is 3.16. The van der Waals surface area contributed by atoms with Crippen LogP contribution in [-0.2, 0) is 4.74 Å². The quantitative estimate of drug-likeness (QED) is 0.657. The Bertz CT molecular complexity index is 345. The molecule has 0 aliphatic heterocycles. The van der Waals surface area contributed by atoms with Crippen LogP contribution in [0.25, 0.3) is 0 Å². The van der Waals surface area contributed by atoms with Crippen LogP contribution in [0.1, 0.15) is 31.1 Å². The molecule has 0 aliphatic rings. The number of benzene rings is 1. The summed E-state index contributed by atoms with van der Waals surface area (Å²) in [5.74, 6) is -0.909. The van der Waals surface area contributed by atoms with Crippen molar-refractivity contribution in [2.24, 2.45) is 5.14 Å². The monoisotopic (exact) mass is 245 g/mol. The van der Waals surface area contributed by atoms with Gasteiger partial charge in [0, 0.05) is 0 Å². The summed E-state index contributed by atoms with van der Waals surface area (Å²) in [6.07, 6.45) is 0. The predicted octanol–water partition coefficient (Wildman–Crippen LogP) is 2.99. The summed E-state index contributed by atoms with van der Waals surface area (Å²) in [6, 6.07) is 3.94. The lowest BCUT2D eigenvalue weighted by molar-refractivity contribution is 0.0526. The number of hydrogen-bond acceptors (Lipinski definition) is 4. The maximum atomic E-state index is 13.0. The molecule has 0 saturated carbocycles. The summed E-state index contributed by atoms with van der Waals surface area (Å²) in [5, 5.41) is 5.22. The van der Waals surface area contributed by atoms with E-state index in [0.29, 0.717) is 12.2 Å². The van der Waals surface area contributed by atoms with Crippen molar-refractivity contribution in [2.75, 3.05) is 6.61 Å². The molecule has 0 aromatic heterocycles. The van der Waals surface area contributed by atoms with E-state index in [4.69, 9.17) is 9.88 Å². The lowest BCUT2D eigenvalue weighted by Crippen LogP contribution is -2.05. The Balaban J connectivity index is 0.00000106.